The first-order valence-corrected chi connectivity index (χ1v) is 5.85. The van der Waals surface area contributed by atoms with Gasteiger partial charge < -0.3 is 11.1 Å². The van der Waals surface area contributed by atoms with Crippen molar-refractivity contribution in [2.75, 3.05) is 6.54 Å². The number of carbonyl (C=O) groups is 1. The Labute approximate surface area is 118 Å². The third kappa shape index (κ3) is 5.68. The van der Waals surface area contributed by atoms with E-state index < -0.39 is 0 Å². The molecular formula is C10H19Cl2N3OS. The van der Waals surface area contributed by atoms with Crippen molar-refractivity contribution in [2.45, 2.75) is 26.8 Å². The average molecular weight is 300 g/mol. The number of hydrogen-bond donors (Lipinski definition) is 2. The number of nitrogens with zero attached hydrogens (tertiary/aromatic N) is 1. The third-order valence-electron chi connectivity index (χ3n) is 2.17. The minimum atomic E-state index is -0.145. The molecule has 4 nitrogen and oxygen atoms in total. The molecule has 0 saturated carbocycles. The molecule has 2 atom stereocenters. The molecule has 1 heterocycles. The number of aryl methyl sites for hydroxylation is 1. The van der Waals surface area contributed by atoms with E-state index in [1.165, 1.54) is 0 Å². The first kappa shape index (κ1) is 19.0. The van der Waals surface area contributed by atoms with Crippen LogP contribution in [0.4, 0.5) is 0 Å². The van der Waals surface area contributed by atoms with Crippen LogP contribution in [0.25, 0.3) is 0 Å². The molecule has 1 aromatic heterocycles. The topological polar surface area (TPSA) is 68.0 Å². The van der Waals surface area contributed by atoms with E-state index in [1.54, 1.807) is 11.3 Å². The van der Waals surface area contributed by atoms with Gasteiger partial charge in [0.05, 0.1) is 6.04 Å². The number of nitrogens with two attached hydrogens (primary N) is 1. The molecule has 2 unspecified atom stereocenters. The number of nitrogens with one attached hydrogen (secondary N) is 1. The Balaban J connectivity index is 0. The van der Waals surface area contributed by atoms with Gasteiger partial charge in [-0.2, -0.15) is 0 Å². The van der Waals surface area contributed by atoms with Crippen molar-refractivity contribution in [2.24, 2.45) is 11.7 Å². The molecule has 0 fully saturated rings. The molecule has 0 bridgehead atoms. The zero-order valence-corrected chi connectivity index (χ0v) is 12.5. The lowest BCUT2D eigenvalue weighted by atomic mass is 10.1. The van der Waals surface area contributed by atoms with Crippen molar-refractivity contribution >= 4 is 42.1 Å². The van der Waals surface area contributed by atoms with Crippen LogP contribution >= 0.6 is 36.2 Å². The maximum Gasteiger partial charge on any atom is 0.224 e. The van der Waals surface area contributed by atoms with Crippen molar-refractivity contribution in [1.29, 1.82) is 0 Å². The second-order valence-electron chi connectivity index (χ2n) is 3.69. The Bertz CT molecular complexity index is 346. The number of rotatable bonds is 4. The monoisotopic (exact) mass is 299 g/mol. The van der Waals surface area contributed by atoms with Crippen molar-refractivity contribution in [1.82, 2.24) is 10.3 Å². The van der Waals surface area contributed by atoms with E-state index in [9.17, 15) is 4.79 Å². The summed E-state index contributed by atoms with van der Waals surface area (Å²) in [4.78, 5) is 15.9. The van der Waals surface area contributed by atoms with E-state index in [1.807, 2.05) is 26.2 Å². The quantitative estimate of drug-likeness (QED) is 0.894. The lowest BCUT2D eigenvalue weighted by Gasteiger charge is -2.14. The highest BCUT2D eigenvalue weighted by Gasteiger charge is 2.16. The van der Waals surface area contributed by atoms with Crippen LogP contribution in [-0.2, 0) is 4.79 Å². The van der Waals surface area contributed by atoms with Crippen LogP contribution in [-0.4, -0.2) is 17.4 Å². The largest absolute Gasteiger partial charge is 0.347 e. The molecule has 17 heavy (non-hydrogen) atoms. The maximum atomic E-state index is 11.6. The SMILES string of the molecule is Cc1csc(C(C)NC(=O)C(C)CN)n1.Cl.Cl. The van der Waals surface area contributed by atoms with Crippen molar-refractivity contribution in [3.05, 3.63) is 16.1 Å². The summed E-state index contributed by atoms with van der Waals surface area (Å²) in [6.45, 7) is 6.06. The number of thiazole rings is 1. The summed E-state index contributed by atoms with van der Waals surface area (Å²) in [6.07, 6.45) is 0. The molecule has 0 spiro atoms. The van der Waals surface area contributed by atoms with Crippen LogP contribution in [0.5, 0.6) is 0 Å². The molecule has 0 saturated heterocycles. The van der Waals surface area contributed by atoms with E-state index in [2.05, 4.69) is 10.3 Å². The molecule has 3 N–H and O–H groups in total. The summed E-state index contributed by atoms with van der Waals surface area (Å²) in [5, 5.41) is 5.80. The van der Waals surface area contributed by atoms with Crippen molar-refractivity contribution in [3.8, 4) is 0 Å². The van der Waals surface area contributed by atoms with E-state index in [4.69, 9.17) is 5.73 Å². The highest BCUT2D eigenvalue weighted by Crippen LogP contribution is 2.17. The second kappa shape index (κ2) is 8.69. The highest BCUT2D eigenvalue weighted by atomic mass is 35.5. The second-order valence-corrected chi connectivity index (χ2v) is 4.58. The Morgan fingerprint density at radius 1 is 1.53 bits per heavy atom. The standard InChI is InChI=1S/C10H17N3OS.2ClH/c1-6(4-11)9(14)13-8(3)10-12-7(2)5-15-10;;/h5-6,8H,4,11H2,1-3H3,(H,13,14);2*1H. The number of amides is 1. The normalized spacial score (nSPS) is 12.9. The van der Waals surface area contributed by atoms with Gasteiger partial charge in [-0.05, 0) is 13.8 Å². The fraction of sp³-hybridized carbons (Fsp3) is 0.600. The van der Waals surface area contributed by atoms with Crippen LogP contribution in [0, 0.1) is 12.8 Å². The van der Waals surface area contributed by atoms with Gasteiger partial charge >= 0.3 is 0 Å². The van der Waals surface area contributed by atoms with Gasteiger partial charge in [-0.1, -0.05) is 6.92 Å². The predicted molar refractivity (Wildman–Crippen MR) is 76.1 cm³/mol. The van der Waals surface area contributed by atoms with E-state index >= 15 is 0 Å². The van der Waals surface area contributed by atoms with Gasteiger partial charge in [0.2, 0.25) is 5.91 Å². The maximum absolute atomic E-state index is 11.6. The first-order chi connectivity index (χ1) is 7.04. The molecule has 0 aromatic carbocycles. The van der Waals surface area contributed by atoms with Gasteiger partial charge in [0.1, 0.15) is 5.01 Å². The molecule has 0 radical (unpaired) electrons. The molecule has 1 rings (SSSR count). The van der Waals surface area contributed by atoms with Crippen molar-refractivity contribution < 1.29 is 4.79 Å². The number of halogens is 2. The molecule has 7 heteroatoms. The van der Waals surface area contributed by atoms with E-state index in [0.717, 1.165) is 10.7 Å². The summed E-state index contributed by atoms with van der Waals surface area (Å²) >= 11 is 1.56. The molecule has 1 aromatic rings. The first-order valence-electron chi connectivity index (χ1n) is 4.97. The number of aromatic nitrogens is 1. The summed E-state index contributed by atoms with van der Waals surface area (Å²) in [6, 6.07) is -0.0369. The van der Waals surface area contributed by atoms with Gasteiger partial charge in [-0.25, -0.2) is 4.98 Å². The highest BCUT2D eigenvalue weighted by molar-refractivity contribution is 7.09. The number of carbonyl (C=O) groups excluding carboxylic acids is 1. The van der Waals surface area contributed by atoms with Gasteiger partial charge in [0, 0.05) is 23.5 Å². The lowest BCUT2D eigenvalue weighted by Crippen LogP contribution is -2.34. The molecule has 0 aliphatic rings. The minimum Gasteiger partial charge on any atom is -0.347 e. The Morgan fingerprint density at radius 2 is 2.12 bits per heavy atom. The van der Waals surface area contributed by atoms with Crippen LogP contribution in [0.2, 0.25) is 0 Å². The van der Waals surface area contributed by atoms with E-state index in [0.29, 0.717) is 6.54 Å². The molecule has 0 aliphatic heterocycles. The van der Waals surface area contributed by atoms with Gasteiger partial charge in [0.25, 0.3) is 0 Å². The van der Waals surface area contributed by atoms with Crippen molar-refractivity contribution in [3.63, 3.8) is 0 Å². The van der Waals surface area contributed by atoms with Gasteiger partial charge in [0.15, 0.2) is 0 Å². The van der Waals surface area contributed by atoms with E-state index in [-0.39, 0.29) is 42.7 Å². The molecule has 100 valence electrons. The molecular weight excluding hydrogens is 281 g/mol. The number of hydrogen-bond acceptors (Lipinski definition) is 4. The Morgan fingerprint density at radius 3 is 2.53 bits per heavy atom. The third-order valence-corrected chi connectivity index (χ3v) is 3.31. The predicted octanol–water partition coefficient (Wildman–Crippen LogP) is 2.07. The minimum absolute atomic E-state index is 0. The van der Waals surface area contributed by atoms with Crippen LogP contribution in [0.3, 0.4) is 0 Å². The van der Waals surface area contributed by atoms with Crippen LogP contribution in [0.1, 0.15) is 30.6 Å². The van der Waals surface area contributed by atoms with Gasteiger partial charge in [-0.3, -0.25) is 4.79 Å². The molecule has 1 amide bonds. The van der Waals surface area contributed by atoms with Gasteiger partial charge in [-0.15, -0.1) is 36.2 Å². The van der Waals surface area contributed by atoms with Crippen LogP contribution < -0.4 is 11.1 Å². The molecule has 0 aliphatic carbocycles. The average Bonchev–Trinajstić information content (AvgIpc) is 2.63. The Hall–Kier alpha value is -0.360. The zero-order valence-electron chi connectivity index (χ0n) is 10.1. The lowest BCUT2D eigenvalue weighted by molar-refractivity contribution is -0.124. The summed E-state index contributed by atoms with van der Waals surface area (Å²) in [5.74, 6) is -0.161. The zero-order chi connectivity index (χ0) is 11.4. The smallest absolute Gasteiger partial charge is 0.224 e. The summed E-state index contributed by atoms with van der Waals surface area (Å²) < 4.78 is 0. The Kier molecular flexibility index (Phi) is 9.71. The van der Waals surface area contributed by atoms with Crippen LogP contribution in [0.15, 0.2) is 5.38 Å². The summed E-state index contributed by atoms with van der Waals surface area (Å²) in [5.41, 5.74) is 6.41. The summed E-state index contributed by atoms with van der Waals surface area (Å²) in [7, 11) is 0. The fourth-order valence-corrected chi connectivity index (χ4v) is 1.90. The fourth-order valence-electron chi connectivity index (χ4n) is 1.10.